The standard InChI is InChI=1S/C12H16N2O3/c13-12(16)11(8-14(17)9-15)7-6-10-4-2-1-3-5-10/h1-5,9,11,17H,6-8H2,(H2,13,16). The van der Waals surface area contributed by atoms with Crippen molar-refractivity contribution in [2.24, 2.45) is 11.7 Å². The predicted molar refractivity (Wildman–Crippen MR) is 62.0 cm³/mol. The number of nitrogens with two attached hydrogens (primary N) is 1. The summed E-state index contributed by atoms with van der Waals surface area (Å²) >= 11 is 0. The fraction of sp³-hybridized carbons (Fsp3) is 0.333. The summed E-state index contributed by atoms with van der Waals surface area (Å²) < 4.78 is 0. The molecule has 3 N–H and O–H groups in total. The highest BCUT2D eigenvalue weighted by Crippen LogP contribution is 2.10. The Morgan fingerprint density at radius 3 is 2.59 bits per heavy atom. The van der Waals surface area contributed by atoms with Crippen molar-refractivity contribution in [2.45, 2.75) is 12.8 Å². The average molecular weight is 236 g/mol. The number of nitrogens with zero attached hydrogens (tertiary/aromatic N) is 1. The maximum Gasteiger partial charge on any atom is 0.233 e. The van der Waals surface area contributed by atoms with Gasteiger partial charge in [0.25, 0.3) is 0 Å². The highest BCUT2D eigenvalue weighted by atomic mass is 16.5. The van der Waals surface area contributed by atoms with E-state index >= 15 is 0 Å². The summed E-state index contributed by atoms with van der Waals surface area (Å²) in [6.07, 6.45) is 1.45. The van der Waals surface area contributed by atoms with Gasteiger partial charge in [-0.2, -0.15) is 0 Å². The van der Waals surface area contributed by atoms with E-state index in [0.29, 0.717) is 17.9 Å². The lowest BCUT2D eigenvalue weighted by atomic mass is 9.99. The van der Waals surface area contributed by atoms with Crippen LogP contribution in [0.1, 0.15) is 12.0 Å². The summed E-state index contributed by atoms with van der Waals surface area (Å²) in [5.74, 6) is -1.05. The van der Waals surface area contributed by atoms with E-state index in [1.165, 1.54) is 0 Å². The summed E-state index contributed by atoms with van der Waals surface area (Å²) in [6.45, 7) is -0.0638. The van der Waals surface area contributed by atoms with E-state index in [1.807, 2.05) is 30.3 Å². The van der Waals surface area contributed by atoms with Gasteiger partial charge in [0.05, 0.1) is 12.5 Å². The molecule has 1 atom stereocenters. The number of rotatable bonds is 7. The molecule has 1 aromatic rings. The monoisotopic (exact) mass is 236 g/mol. The number of hydrogen-bond acceptors (Lipinski definition) is 3. The highest BCUT2D eigenvalue weighted by Gasteiger charge is 2.17. The molecule has 0 fully saturated rings. The Labute approximate surface area is 99.8 Å². The van der Waals surface area contributed by atoms with E-state index in [0.717, 1.165) is 5.56 Å². The summed E-state index contributed by atoms with van der Waals surface area (Å²) in [4.78, 5) is 21.4. The second-order valence-electron chi connectivity index (χ2n) is 3.85. The molecule has 0 saturated carbocycles. The molecule has 0 aliphatic rings. The summed E-state index contributed by atoms with van der Waals surface area (Å²) in [6, 6.07) is 9.65. The van der Waals surface area contributed by atoms with Crippen molar-refractivity contribution in [1.82, 2.24) is 5.06 Å². The van der Waals surface area contributed by atoms with Crippen molar-refractivity contribution in [3.8, 4) is 0 Å². The van der Waals surface area contributed by atoms with E-state index < -0.39 is 11.8 Å². The second-order valence-corrected chi connectivity index (χ2v) is 3.85. The third-order valence-electron chi connectivity index (χ3n) is 2.56. The summed E-state index contributed by atoms with van der Waals surface area (Å²) in [7, 11) is 0. The van der Waals surface area contributed by atoms with Crippen LogP contribution in [0, 0.1) is 5.92 Å². The molecule has 5 nitrogen and oxygen atoms in total. The van der Waals surface area contributed by atoms with Crippen molar-refractivity contribution in [3.63, 3.8) is 0 Å². The minimum Gasteiger partial charge on any atom is -0.369 e. The van der Waals surface area contributed by atoms with Crippen LogP contribution in [-0.2, 0) is 16.0 Å². The lowest BCUT2D eigenvalue weighted by Gasteiger charge is -2.16. The van der Waals surface area contributed by atoms with Crippen molar-refractivity contribution in [3.05, 3.63) is 35.9 Å². The Balaban J connectivity index is 2.50. The Morgan fingerprint density at radius 1 is 1.41 bits per heavy atom. The first kappa shape index (κ1) is 13.2. The van der Waals surface area contributed by atoms with Gasteiger partial charge < -0.3 is 5.73 Å². The van der Waals surface area contributed by atoms with Gasteiger partial charge >= 0.3 is 0 Å². The van der Waals surface area contributed by atoms with Gasteiger partial charge in [-0.05, 0) is 18.4 Å². The van der Waals surface area contributed by atoms with E-state index in [9.17, 15) is 9.59 Å². The highest BCUT2D eigenvalue weighted by molar-refractivity contribution is 5.77. The van der Waals surface area contributed by atoms with Crippen LogP contribution in [0.15, 0.2) is 30.3 Å². The van der Waals surface area contributed by atoms with Gasteiger partial charge in [0, 0.05) is 0 Å². The average Bonchev–Trinajstić information content (AvgIpc) is 2.35. The smallest absolute Gasteiger partial charge is 0.233 e. The number of carbonyl (C=O) groups is 2. The minimum absolute atomic E-state index is 0.0638. The first-order valence-electron chi connectivity index (χ1n) is 5.37. The molecule has 17 heavy (non-hydrogen) atoms. The zero-order valence-electron chi connectivity index (χ0n) is 9.45. The third kappa shape index (κ3) is 4.65. The number of benzene rings is 1. The molecular weight excluding hydrogens is 220 g/mol. The molecule has 0 heterocycles. The van der Waals surface area contributed by atoms with Crippen molar-refractivity contribution < 1.29 is 14.8 Å². The lowest BCUT2D eigenvalue weighted by molar-refractivity contribution is -0.154. The predicted octanol–water partition coefficient (Wildman–Crippen LogP) is 0.568. The fourth-order valence-electron chi connectivity index (χ4n) is 1.58. The van der Waals surface area contributed by atoms with Gasteiger partial charge in [-0.1, -0.05) is 30.3 Å². The Bertz CT molecular complexity index is 367. The molecule has 0 spiro atoms. The van der Waals surface area contributed by atoms with Crippen molar-refractivity contribution >= 4 is 12.3 Å². The molecule has 0 radical (unpaired) electrons. The molecule has 5 heteroatoms. The molecule has 0 saturated heterocycles. The number of carbonyl (C=O) groups excluding carboxylic acids is 2. The van der Waals surface area contributed by atoms with E-state index in [-0.39, 0.29) is 13.0 Å². The third-order valence-corrected chi connectivity index (χ3v) is 2.56. The molecule has 2 amide bonds. The summed E-state index contributed by atoms with van der Waals surface area (Å²) in [5, 5.41) is 9.48. The maximum absolute atomic E-state index is 11.1. The van der Waals surface area contributed by atoms with Gasteiger partial charge in [0.1, 0.15) is 0 Å². The van der Waals surface area contributed by atoms with E-state index in [4.69, 9.17) is 10.9 Å². The van der Waals surface area contributed by atoms with Gasteiger partial charge in [0.15, 0.2) is 0 Å². The molecular formula is C12H16N2O3. The minimum atomic E-state index is -0.537. The first-order chi connectivity index (χ1) is 8.13. The van der Waals surface area contributed by atoms with Gasteiger partial charge in [-0.15, -0.1) is 0 Å². The van der Waals surface area contributed by atoms with Crippen LogP contribution in [-0.4, -0.2) is 29.1 Å². The maximum atomic E-state index is 11.1. The Hall–Kier alpha value is -1.88. The van der Waals surface area contributed by atoms with Crippen LogP contribution in [0.5, 0.6) is 0 Å². The lowest BCUT2D eigenvalue weighted by Crippen LogP contribution is -2.34. The Kier molecular flexibility index (Phi) is 5.16. The zero-order valence-corrected chi connectivity index (χ0v) is 9.45. The van der Waals surface area contributed by atoms with Crippen LogP contribution in [0.2, 0.25) is 0 Å². The van der Waals surface area contributed by atoms with Crippen molar-refractivity contribution in [2.75, 3.05) is 6.54 Å². The number of hydrogen-bond donors (Lipinski definition) is 2. The molecule has 0 aliphatic carbocycles. The van der Waals surface area contributed by atoms with Crippen LogP contribution >= 0.6 is 0 Å². The topological polar surface area (TPSA) is 83.6 Å². The number of aryl methyl sites for hydroxylation is 1. The summed E-state index contributed by atoms with van der Waals surface area (Å²) in [5.41, 5.74) is 6.30. The molecule has 1 rings (SSSR count). The largest absolute Gasteiger partial charge is 0.369 e. The van der Waals surface area contributed by atoms with Crippen LogP contribution in [0.25, 0.3) is 0 Å². The van der Waals surface area contributed by atoms with Gasteiger partial charge in [-0.3, -0.25) is 14.8 Å². The fourth-order valence-corrected chi connectivity index (χ4v) is 1.58. The normalized spacial score (nSPS) is 11.8. The number of hydroxylamine groups is 2. The molecule has 1 aromatic carbocycles. The molecule has 0 aliphatic heterocycles. The van der Waals surface area contributed by atoms with E-state index in [2.05, 4.69) is 0 Å². The quantitative estimate of drug-likeness (QED) is 0.412. The van der Waals surface area contributed by atoms with Crippen LogP contribution in [0.3, 0.4) is 0 Å². The molecule has 1 unspecified atom stereocenters. The SMILES string of the molecule is NC(=O)C(CCc1ccccc1)CN(O)C=O. The van der Waals surface area contributed by atoms with Crippen LogP contribution in [0.4, 0.5) is 0 Å². The zero-order chi connectivity index (χ0) is 12.7. The molecule has 0 bridgehead atoms. The van der Waals surface area contributed by atoms with E-state index in [1.54, 1.807) is 0 Å². The number of primary amides is 1. The molecule has 0 aromatic heterocycles. The van der Waals surface area contributed by atoms with Crippen LogP contribution < -0.4 is 5.73 Å². The number of amides is 2. The van der Waals surface area contributed by atoms with Gasteiger partial charge in [0.2, 0.25) is 12.3 Å². The first-order valence-corrected chi connectivity index (χ1v) is 5.37. The van der Waals surface area contributed by atoms with Gasteiger partial charge in [-0.25, -0.2) is 5.06 Å². The molecule has 92 valence electrons. The Morgan fingerprint density at radius 2 is 2.06 bits per heavy atom. The van der Waals surface area contributed by atoms with Crippen molar-refractivity contribution in [1.29, 1.82) is 0 Å². The second kappa shape index (κ2) is 6.65.